The Morgan fingerprint density at radius 3 is 2.94 bits per heavy atom. The third-order valence-corrected chi connectivity index (χ3v) is 4.40. The summed E-state index contributed by atoms with van der Waals surface area (Å²) in [6.07, 6.45) is 1.63. The molecule has 2 aromatic rings. The standard InChI is InChI=1S/C11H11N5S2/c1-16(2)10-14-15-11(18-10)17-7-8-4-3-5-13-9(8)6-12/h3-5H,7H2,1-2H3. The van der Waals surface area contributed by atoms with Gasteiger partial charge in [-0.1, -0.05) is 29.2 Å². The van der Waals surface area contributed by atoms with E-state index in [2.05, 4.69) is 21.3 Å². The van der Waals surface area contributed by atoms with Crippen LogP contribution < -0.4 is 4.90 Å². The third kappa shape index (κ3) is 2.97. The van der Waals surface area contributed by atoms with Crippen molar-refractivity contribution < 1.29 is 0 Å². The Morgan fingerprint density at radius 1 is 1.44 bits per heavy atom. The summed E-state index contributed by atoms with van der Waals surface area (Å²) in [7, 11) is 3.87. The van der Waals surface area contributed by atoms with E-state index in [1.807, 2.05) is 31.1 Å². The van der Waals surface area contributed by atoms with Gasteiger partial charge in [0.05, 0.1) is 0 Å². The van der Waals surface area contributed by atoms with Crippen LogP contribution in [0.1, 0.15) is 11.3 Å². The molecule has 0 aliphatic carbocycles. The van der Waals surface area contributed by atoms with Gasteiger partial charge in [0.2, 0.25) is 5.13 Å². The maximum absolute atomic E-state index is 8.94. The Labute approximate surface area is 113 Å². The lowest BCUT2D eigenvalue weighted by Gasteiger charge is -2.03. The molecular weight excluding hydrogens is 266 g/mol. The molecule has 2 heterocycles. The highest BCUT2D eigenvalue weighted by Gasteiger charge is 2.08. The van der Waals surface area contributed by atoms with Crippen LogP contribution in [0, 0.1) is 11.3 Å². The number of hydrogen-bond donors (Lipinski definition) is 0. The molecule has 2 aromatic heterocycles. The molecule has 92 valence electrons. The lowest BCUT2D eigenvalue weighted by atomic mass is 10.2. The van der Waals surface area contributed by atoms with Crippen LogP contribution in [0.4, 0.5) is 5.13 Å². The van der Waals surface area contributed by atoms with Gasteiger partial charge in [0.1, 0.15) is 11.8 Å². The predicted molar refractivity (Wildman–Crippen MR) is 72.7 cm³/mol. The maximum atomic E-state index is 8.94. The van der Waals surface area contributed by atoms with Crippen LogP contribution in [0.3, 0.4) is 0 Å². The Balaban J connectivity index is 2.05. The molecule has 18 heavy (non-hydrogen) atoms. The first kappa shape index (κ1) is 12.8. The predicted octanol–water partition coefficient (Wildman–Crippen LogP) is 2.16. The average molecular weight is 277 g/mol. The molecule has 0 radical (unpaired) electrons. The van der Waals surface area contributed by atoms with Crippen LogP contribution in [-0.2, 0) is 5.75 Å². The topological polar surface area (TPSA) is 65.7 Å². The molecule has 0 unspecified atom stereocenters. The summed E-state index contributed by atoms with van der Waals surface area (Å²) >= 11 is 3.11. The van der Waals surface area contributed by atoms with Gasteiger partial charge in [-0.05, 0) is 11.6 Å². The Kier molecular flexibility index (Phi) is 4.12. The summed E-state index contributed by atoms with van der Waals surface area (Å²) in [5.41, 5.74) is 1.40. The van der Waals surface area contributed by atoms with Gasteiger partial charge in [0, 0.05) is 26.0 Å². The number of nitriles is 1. The molecule has 0 saturated heterocycles. The summed E-state index contributed by atoms with van der Waals surface area (Å²) < 4.78 is 0.895. The molecule has 2 rings (SSSR count). The monoisotopic (exact) mass is 277 g/mol. The van der Waals surface area contributed by atoms with Crippen LogP contribution >= 0.6 is 23.1 Å². The van der Waals surface area contributed by atoms with Crippen LogP contribution in [0.15, 0.2) is 22.7 Å². The van der Waals surface area contributed by atoms with Crippen molar-refractivity contribution in [2.75, 3.05) is 19.0 Å². The van der Waals surface area contributed by atoms with Crippen LogP contribution in [0.5, 0.6) is 0 Å². The van der Waals surface area contributed by atoms with Crippen molar-refractivity contribution >= 4 is 28.2 Å². The quantitative estimate of drug-likeness (QED) is 0.798. The zero-order valence-corrected chi connectivity index (χ0v) is 11.6. The van der Waals surface area contributed by atoms with Gasteiger partial charge < -0.3 is 4.90 Å². The molecule has 0 aliphatic heterocycles. The van der Waals surface area contributed by atoms with Crippen molar-refractivity contribution in [3.63, 3.8) is 0 Å². The minimum absolute atomic E-state index is 0.474. The van der Waals surface area contributed by atoms with Crippen molar-refractivity contribution in [2.24, 2.45) is 0 Å². The van der Waals surface area contributed by atoms with Crippen molar-refractivity contribution in [1.82, 2.24) is 15.2 Å². The van der Waals surface area contributed by atoms with Crippen LogP contribution in [0.2, 0.25) is 0 Å². The fraction of sp³-hybridized carbons (Fsp3) is 0.273. The van der Waals surface area contributed by atoms with Crippen molar-refractivity contribution in [1.29, 1.82) is 5.26 Å². The first-order chi connectivity index (χ1) is 8.70. The number of pyridine rings is 1. The average Bonchev–Trinajstić information content (AvgIpc) is 2.85. The van der Waals surface area contributed by atoms with Gasteiger partial charge in [-0.2, -0.15) is 5.26 Å². The fourth-order valence-electron chi connectivity index (χ4n) is 1.24. The molecule has 0 fully saturated rings. The SMILES string of the molecule is CN(C)c1nnc(SCc2cccnc2C#N)s1. The number of rotatable bonds is 4. The third-order valence-electron chi connectivity index (χ3n) is 2.13. The van der Waals surface area contributed by atoms with Gasteiger partial charge >= 0.3 is 0 Å². The highest BCUT2D eigenvalue weighted by molar-refractivity contribution is 8.00. The smallest absolute Gasteiger partial charge is 0.208 e. The molecule has 0 saturated carbocycles. The summed E-state index contributed by atoms with van der Waals surface area (Å²) in [4.78, 5) is 5.95. The first-order valence-corrected chi connectivity index (χ1v) is 6.98. The highest BCUT2D eigenvalue weighted by Crippen LogP contribution is 2.29. The maximum Gasteiger partial charge on any atom is 0.208 e. The van der Waals surface area contributed by atoms with E-state index in [9.17, 15) is 0 Å². The number of anilines is 1. The van der Waals surface area contributed by atoms with E-state index in [4.69, 9.17) is 5.26 Å². The Hall–Kier alpha value is -1.65. The van der Waals surface area contributed by atoms with Gasteiger partial charge in [-0.15, -0.1) is 10.2 Å². The number of aromatic nitrogens is 3. The molecule has 0 N–H and O–H groups in total. The summed E-state index contributed by atoms with van der Waals surface area (Å²) in [6, 6.07) is 5.83. The van der Waals surface area contributed by atoms with Gasteiger partial charge in [0.25, 0.3) is 0 Å². The lowest BCUT2D eigenvalue weighted by molar-refractivity contribution is 0.972. The zero-order chi connectivity index (χ0) is 13.0. The second-order valence-electron chi connectivity index (χ2n) is 3.66. The fourth-order valence-corrected chi connectivity index (χ4v) is 2.99. The van der Waals surface area contributed by atoms with E-state index in [0.717, 1.165) is 15.0 Å². The summed E-state index contributed by atoms with van der Waals surface area (Å²) in [5, 5.41) is 18.0. The number of nitrogens with zero attached hydrogens (tertiary/aromatic N) is 5. The second-order valence-corrected chi connectivity index (χ2v) is 5.84. The summed E-state index contributed by atoms with van der Waals surface area (Å²) in [6.45, 7) is 0. The number of thioether (sulfide) groups is 1. The van der Waals surface area contributed by atoms with Crippen LogP contribution in [0.25, 0.3) is 0 Å². The molecule has 0 bridgehead atoms. The zero-order valence-electron chi connectivity index (χ0n) is 9.99. The van der Waals surface area contributed by atoms with Crippen LogP contribution in [-0.4, -0.2) is 29.3 Å². The molecule has 7 heteroatoms. The van der Waals surface area contributed by atoms with E-state index in [0.29, 0.717) is 11.4 Å². The van der Waals surface area contributed by atoms with E-state index >= 15 is 0 Å². The van der Waals surface area contributed by atoms with Crippen molar-refractivity contribution in [2.45, 2.75) is 10.1 Å². The highest BCUT2D eigenvalue weighted by atomic mass is 32.2. The minimum atomic E-state index is 0.474. The van der Waals surface area contributed by atoms with E-state index in [1.54, 1.807) is 18.0 Å². The van der Waals surface area contributed by atoms with E-state index in [-0.39, 0.29) is 0 Å². The van der Waals surface area contributed by atoms with Crippen molar-refractivity contribution in [3.8, 4) is 6.07 Å². The van der Waals surface area contributed by atoms with Gasteiger partial charge in [-0.3, -0.25) is 0 Å². The molecule has 0 spiro atoms. The molecule has 5 nitrogen and oxygen atoms in total. The largest absolute Gasteiger partial charge is 0.353 e. The normalized spacial score (nSPS) is 10.1. The summed E-state index contributed by atoms with van der Waals surface area (Å²) in [5.74, 6) is 0.679. The van der Waals surface area contributed by atoms with E-state index in [1.165, 1.54) is 11.3 Å². The number of hydrogen-bond acceptors (Lipinski definition) is 7. The second kappa shape index (κ2) is 5.80. The lowest BCUT2D eigenvalue weighted by Crippen LogP contribution is -2.07. The Bertz CT molecular complexity index is 573. The molecule has 0 aliphatic rings. The molecule has 0 aromatic carbocycles. The molecule has 0 atom stereocenters. The first-order valence-electron chi connectivity index (χ1n) is 5.18. The van der Waals surface area contributed by atoms with Gasteiger partial charge in [-0.25, -0.2) is 4.98 Å². The van der Waals surface area contributed by atoms with Crippen molar-refractivity contribution in [3.05, 3.63) is 29.6 Å². The minimum Gasteiger partial charge on any atom is -0.353 e. The van der Waals surface area contributed by atoms with Gasteiger partial charge in [0.15, 0.2) is 4.34 Å². The Morgan fingerprint density at radius 2 is 2.28 bits per heavy atom. The van der Waals surface area contributed by atoms with E-state index < -0.39 is 0 Å². The molecular formula is C11H11N5S2. The molecule has 0 amide bonds.